The van der Waals surface area contributed by atoms with Crippen LogP contribution in [0.4, 0.5) is 5.82 Å². The molecule has 2 aromatic heterocycles. The third-order valence-corrected chi connectivity index (χ3v) is 5.13. The molecule has 4 rings (SSSR count). The van der Waals surface area contributed by atoms with Gasteiger partial charge in [0.25, 0.3) is 5.91 Å². The molecule has 6 heteroatoms. The van der Waals surface area contributed by atoms with Gasteiger partial charge in [0.2, 0.25) is 0 Å². The van der Waals surface area contributed by atoms with E-state index >= 15 is 0 Å². The van der Waals surface area contributed by atoms with Crippen molar-refractivity contribution in [3.63, 3.8) is 0 Å². The summed E-state index contributed by atoms with van der Waals surface area (Å²) in [4.78, 5) is 25.7. The molecule has 1 saturated heterocycles. The van der Waals surface area contributed by atoms with Crippen LogP contribution >= 0.6 is 0 Å². The van der Waals surface area contributed by atoms with E-state index in [4.69, 9.17) is 0 Å². The van der Waals surface area contributed by atoms with E-state index in [1.54, 1.807) is 6.33 Å². The van der Waals surface area contributed by atoms with Crippen molar-refractivity contribution in [1.82, 2.24) is 19.4 Å². The molecule has 1 aliphatic rings. The van der Waals surface area contributed by atoms with Crippen LogP contribution < -0.4 is 4.90 Å². The third kappa shape index (κ3) is 3.43. The first-order valence-electron chi connectivity index (χ1n) is 9.17. The summed E-state index contributed by atoms with van der Waals surface area (Å²) >= 11 is 0. The van der Waals surface area contributed by atoms with Gasteiger partial charge < -0.3 is 14.4 Å². The fourth-order valence-corrected chi connectivity index (χ4v) is 3.51. The Morgan fingerprint density at radius 2 is 1.78 bits per heavy atom. The number of anilines is 1. The minimum atomic E-state index is 0.0884. The Morgan fingerprint density at radius 3 is 2.48 bits per heavy atom. The molecule has 1 aliphatic heterocycles. The van der Waals surface area contributed by atoms with Crippen molar-refractivity contribution in [1.29, 1.82) is 0 Å². The maximum Gasteiger partial charge on any atom is 0.270 e. The second kappa shape index (κ2) is 7.23. The lowest BCUT2D eigenvalue weighted by atomic mass is 10.1. The lowest BCUT2D eigenvalue weighted by Gasteiger charge is -2.35. The summed E-state index contributed by atoms with van der Waals surface area (Å²) in [7, 11) is 1.90. The number of amides is 1. The standard InChI is InChI=1S/C21H23N5O/c1-16-6-3-4-7-17(16)18-14-20(23-15-22-18)25-10-12-26(13-11-25)21(27)19-8-5-9-24(19)2/h3-9,14-15H,10-13H2,1-2H3. The van der Waals surface area contributed by atoms with E-state index in [9.17, 15) is 4.79 Å². The highest BCUT2D eigenvalue weighted by atomic mass is 16.2. The van der Waals surface area contributed by atoms with Gasteiger partial charge in [0.15, 0.2) is 0 Å². The Hall–Kier alpha value is -3.15. The predicted molar refractivity (Wildman–Crippen MR) is 106 cm³/mol. The minimum Gasteiger partial charge on any atom is -0.353 e. The quantitative estimate of drug-likeness (QED) is 0.720. The van der Waals surface area contributed by atoms with Crippen molar-refractivity contribution in [3.05, 3.63) is 66.2 Å². The van der Waals surface area contributed by atoms with Gasteiger partial charge in [-0.05, 0) is 24.6 Å². The molecule has 0 spiro atoms. The van der Waals surface area contributed by atoms with Crippen LogP contribution in [-0.4, -0.2) is 51.5 Å². The average molecular weight is 361 g/mol. The minimum absolute atomic E-state index is 0.0884. The Kier molecular flexibility index (Phi) is 4.62. The number of hydrogen-bond donors (Lipinski definition) is 0. The second-order valence-electron chi connectivity index (χ2n) is 6.86. The summed E-state index contributed by atoms with van der Waals surface area (Å²) in [6.07, 6.45) is 3.52. The van der Waals surface area contributed by atoms with Crippen LogP contribution in [0.25, 0.3) is 11.3 Å². The molecule has 1 fully saturated rings. The highest BCUT2D eigenvalue weighted by Gasteiger charge is 2.24. The van der Waals surface area contributed by atoms with Crippen LogP contribution in [0.15, 0.2) is 55.0 Å². The van der Waals surface area contributed by atoms with E-state index in [0.717, 1.165) is 35.9 Å². The zero-order chi connectivity index (χ0) is 18.8. The Morgan fingerprint density at radius 1 is 1.00 bits per heavy atom. The van der Waals surface area contributed by atoms with Crippen LogP contribution in [0.1, 0.15) is 16.1 Å². The molecular weight excluding hydrogens is 338 g/mol. The second-order valence-corrected chi connectivity index (χ2v) is 6.86. The molecular formula is C21H23N5O. The Bertz CT molecular complexity index is 956. The number of rotatable bonds is 3. The number of aryl methyl sites for hydroxylation is 2. The SMILES string of the molecule is Cc1ccccc1-c1cc(N2CCN(C(=O)c3cccn3C)CC2)ncn1. The molecule has 6 nitrogen and oxygen atoms in total. The zero-order valence-electron chi connectivity index (χ0n) is 15.7. The van der Waals surface area contributed by atoms with Crippen molar-refractivity contribution in [2.24, 2.45) is 7.05 Å². The first-order valence-corrected chi connectivity index (χ1v) is 9.17. The Balaban J connectivity index is 1.47. The van der Waals surface area contributed by atoms with E-state index in [1.165, 1.54) is 5.56 Å². The molecule has 0 unspecified atom stereocenters. The zero-order valence-corrected chi connectivity index (χ0v) is 15.7. The number of piperazine rings is 1. The summed E-state index contributed by atoms with van der Waals surface area (Å²) in [5, 5.41) is 0. The number of hydrogen-bond acceptors (Lipinski definition) is 4. The summed E-state index contributed by atoms with van der Waals surface area (Å²) in [6, 6.07) is 14.0. The maximum atomic E-state index is 12.7. The van der Waals surface area contributed by atoms with Gasteiger partial charge in [-0.2, -0.15) is 0 Å². The van der Waals surface area contributed by atoms with Crippen molar-refractivity contribution in [2.75, 3.05) is 31.1 Å². The molecule has 138 valence electrons. The smallest absolute Gasteiger partial charge is 0.270 e. The predicted octanol–water partition coefficient (Wildman–Crippen LogP) is 2.75. The van der Waals surface area contributed by atoms with E-state index in [-0.39, 0.29) is 5.91 Å². The van der Waals surface area contributed by atoms with E-state index < -0.39 is 0 Å². The van der Waals surface area contributed by atoms with E-state index in [2.05, 4.69) is 33.9 Å². The molecule has 0 atom stereocenters. The first kappa shape index (κ1) is 17.3. The summed E-state index contributed by atoms with van der Waals surface area (Å²) < 4.78 is 1.87. The van der Waals surface area contributed by atoms with Crippen LogP contribution in [0.2, 0.25) is 0 Å². The summed E-state index contributed by atoms with van der Waals surface area (Å²) in [5.74, 6) is 1.000. The number of nitrogens with zero attached hydrogens (tertiary/aromatic N) is 5. The van der Waals surface area contributed by atoms with Gasteiger partial charge in [0.05, 0.1) is 5.69 Å². The molecule has 3 heterocycles. The van der Waals surface area contributed by atoms with Crippen molar-refractivity contribution < 1.29 is 4.79 Å². The van der Waals surface area contributed by atoms with E-state index in [1.807, 2.05) is 53.0 Å². The number of benzene rings is 1. The van der Waals surface area contributed by atoms with Crippen LogP contribution in [0.3, 0.4) is 0 Å². The normalized spacial score (nSPS) is 14.4. The molecule has 1 amide bonds. The molecule has 3 aromatic rings. The van der Waals surface area contributed by atoms with Crippen LogP contribution in [0.5, 0.6) is 0 Å². The fourth-order valence-electron chi connectivity index (χ4n) is 3.51. The van der Waals surface area contributed by atoms with Gasteiger partial charge in [0, 0.05) is 51.1 Å². The maximum absolute atomic E-state index is 12.7. The van der Waals surface area contributed by atoms with E-state index in [0.29, 0.717) is 13.1 Å². The van der Waals surface area contributed by atoms with Gasteiger partial charge >= 0.3 is 0 Å². The lowest BCUT2D eigenvalue weighted by molar-refractivity contribution is 0.0737. The monoisotopic (exact) mass is 361 g/mol. The highest BCUT2D eigenvalue weighted by Crippen LogP contribution is 2.24. The molecule has 1 aromatic carbocycles. The number of aromatic nitrogens is 3. The third-order valence-electron chi connectivity index (χ3n) is 5.13. The lowest BCUT2D eigenvalue weighted by Crippen LogP contribution is -2.49. The first-order chi connectivity index (χ1) is 13.1. The van der Waals surface area contributed by atoms with Crippen molar-refractivity contribution in [2.45, 2.75) is 6.92 Å². The average Bonchev–Trinajstić information content (AvgIpc) is 3.14. The summed E-state index contributed by atoms with van der Waals surface area (Å²) in [6.45, 7) is 4.99. The van der Waals surface area contributed by atoms with Gasteiger partial charge in [0.1, 0.15) is 17.8 Å². The summed E-state index contributed by atoms with van der Waals surface area (Å²) in [5.41, 5.74) is 3.98. The topological polar surface area (TPSA) is 54.3 Å². The highest BCUT2D eigenvalue weighted by molar-refractivity contribution is 5.93. The van der Waals surface area contributed by atoms with Crippen molar-refractivity contribution >= 4 is 11.7 Å². The van der Waals surface area contributed by atoms with Crippen LogP contribution in [-0.2, 0) is 7.05 Å². The Labute approximate surface area is 159 Å². The largest absolute Gasteiger partial charge is 0.353 e. The fraction of sp³-hybridized carbons (Fsp3) is 0.286. The molecule has 0 N–H and O–H groups in total. The number of carbonyl (C=O) groups is 1. The van der Waals surface area contributed by atoms with Gasteiger partial charge in [-0.25, -0.2) is 9.97 Å². The van der Waals surface area contributed by atoms with Crippen molar-refractivity contribution in [3.8, 4) is 11.3 Å². The molecule has 0 radical (unpaired) electrons. The molecule has 0 aliphatic carbocycles. The molecule has 0 bridgehead atoms. The number of carbonyl (C=O) groups excluding carboxylic acids is 1. The van der Waals surface area contributed by atoms with Crippen LogP contribution in [0, 0.1) is 6.92 Å². The molecule has 27 heavy (non-hydrogen) atoms. The van der Waals surface area contributed by atoms with Gasteiger partial charge in [-0.3, -0.25) is 4.79 Å². The molecule has 0 saturated carbocycles. The van der Waals surface area contributed by atoms with Gasteiger partial charge in [-0.1, -0.05) is 24.3 Å². The van der Waals surface area contributed by atoms with Gasteiger partial charge in [-0.15, -0.1) is 0 Å².